The van der Waals surface area contributed by atoms with Gasteiger partial charge in [-0.3, -0.25) is 4.57 Å². The van der Waals surface area contributed by atoms with Crippen LogP contribution in [0.2, 0.25) is 5.02 Å². The van der Waals surface area contributed by atoms with Crippen molar-refractivity contribution in [3.05, 3.63) is 45.3 Å². The summed E-state index contributed by atoms with van der Waals surface area (Å²) in [5.74, 6) is 1.00. The summed E-state index contributed by atoms with van der Waals surface area (Å²) in [5, 5.41) is 0.731. The van der Waals surface area contributed by atoms with Gasteiger partial charge < -0.3 is 15.3 Å². The van der Waals surface area contributed by atoms with Gasteiger partial charge in [-0.2, -0.15) is 9.97 Å². The van der Waals surface area contributed by atoms with Crippen molar-refractivity contribution >= 4 is 51.4 Å². The summed E-state index contributed by atoms with van der Waals surface area (Å²) in [5.41, 5.74) is 7.12. The van der Waals surface area contributed by atoms with Crippen LogP contribution in [0.5, 0.6) is 0 Å². The lowest BCUT2D eigenvalue weighted by Gasteiger charge is -2.09. The van der Waals surface area contributed by atoms with Crippen LogP contribution in [0.4, 0.5) is 5.82 Å². The fourth-order valence-corrected chi connectivity index (χ4v) is 3.82. The number of rotatable bonds is 7. The number of unbranched alkanes of at least 4 members (excludes halogenated alkanes) is 1. The van der Waals surface area contributed by atoms with Crippen molar-refractivity contribution < 1.29 is 4.55 Å². The Morgan fingerprint density at radius 2 is 1.96 bits per heavy atom. The number of fused-ring (bicyclic) bond motifs is 1. The molecule has 0 aliphatic heterocycles. The minimum absolute atomic E-state index is 0.0997. The molecule has 7 nitrogen and oxygen atoms in total. The molecule has 0 spiro atoms. The number of benzene rings is 1. The van der Waals surface area contributed by atoms with Crippen molar-refractivity contribution in [1.82, 2.24) is 19.5 Å². The molecule has 0 aliphatic rings. The third-order valence-corrected chi connectivity index (χ3v) is 5.57. The molecule has 0 saturated heterocycles. The number of nitrogen functional groups attached to an aromatic ring is 1. The number of aromatic nitrogens is 4. The zero-order valence-corrected chi connectivity index (χ0v) is 16.1. The maximum atomic E-state index is 12.4. The number of imidazole rings is 1. The molecule has 1 unspecified atom stereocenters. The molecule has 3 rings (SSSR count). The van der Waals surface area contributed by atoms with E-state index in [2.05, 4.69) is 15.0 Å². The zero-order chi connectivity index (χ0) is 18.7. The highest BCUT2D eigenvalue weighted by molar-refractivity contribution is 7.91. The predicted octanol–water partition coefficient (Wildman–Crippen LogP) is 2.53. The maximum Gasteiger partial charge on any atom is 0.346 e. The third-order valence-electron chi connectivity index (χ3n) is 3.80. The largest absolute Gasteiger partial charge is 0.609 e. The third kappa shape index (κ3) is 4.15. The van der Waals surface area contributed by atoms with Crippen LogP contribution >= 0.6 is 23.2 Å². The summed E-state index contributed by atoms with van der Waals surface area (Å²) in [4.78, 5) is 23.4. The Balaban J connectivity index is 1.96. The lowest BCUT2D eigenvalue weighted by atomic mass is 10.2. The van der Waals surface area contributed by atoms with Crippen LogP contribution in [0.25, 0.3) is 11.2 Å². The van der Waals surface area contributed by atoms with Crippen LogP contribution < -0.4 is 11.4 Å². The van der Waals surface area contributed by atoms with Crippen molar-refractivity contribution in [3.8, 4) is 0 Å². The van der Waals surface area contributed by atoms with Gasteiger partial charge in [0.1, 0.15) is 11.3 Å². The van der Waals surface area contributed by atoms with Gasteiger partial charge in [-0.15, -0.1) is 11.6 Å². The monoisotopic (exact) mass is 413 g/mol. The summed E-state index contributed by atoms with van der Waals surface area (Å²) in [6.07, 6.45) is 1.46. The summed E-state index contributed by atoms with van der Waals surface area (Å²) in [6.45, 7) is 0.283. The highest BCUT2D eigenvalue weighted by Crippen LogP contribution is 2.19. The number of nitrogens with one attached hydrogen (secondary N) is 1. The Labute approximate surface area is 162 Å². The molecular weight excluding hydrogens is 397 g/mol. The second-order valence-electron chi connectivity index (χ2n) is 5.68. The minimum atomic E-state index is -1.41. The molecule has 2 heterocycles. The quantitative estimate of drug-likeness (QED) is 0.267. The van der Waals surface area contributed by atoms with Gasteiger partial charge >= 0.3 is 10.8 Å². The van der Waals surface area contributed by atoms with E-state index in [1.54, 1.807) is 12.1 Å². The number of hydrogen-bond donors (Lipinski definition) is 2. The van der Waals surface area contributed by atoms with Crippen molar-refractivity contribution in [2.75, 3.05) is 17.4 Å². The topological polar surface area (TPSA) is 113 Å². The number of alkyl halides is 1. The van der Waals surface area contributed by atoms with Crippen molar-refractivity contribution in [1.29, 1.82) is 0 Å². The van der Waals surface area contributed by atoms with Gasteiger partial charge in [0.15, 0.2) is 11.5 Å². The molecule has 1 aromatic carbocycles. The van der Waals surface area contributed by atoms with E-state index in [9.17, 15) is 9.35 Å². The van der Waals surface area contributed by atoms with Crippen LogP contribution in [0, 0.1) is 0 Å². The second-order valence-corrected chi connectivity index (χ2v) is 7.96. The van der Waals surface area contributed by atoms with Crippen molar-refractivity contribution in [3.63, 3.8) is 0 Å². The summed E-state index contributed by atoms with van der Waals surface area (Å²) < 4.78 is 13.8. The fourth-order valence-electron chi connectivity index (χ4n) is 2.47. The van der Waals surface area contributed by atoms with E-state index in [4.69, 9.17) is 28.9 Å². The van der Waals surface area contributed by atoms with Crippen LogP contribution in [0.1, 0.15) is 18.4 Å². The predicted molar refractivity (Wildman–Crippen MR) is 104 cm³/mol. The van der Waals surface area contributed by atoms with Crippen molar-refractivity contribution in [2.45, 2.75) is 24.5 Å². The zero-order valence-electron chi connectivity index (χ0n) is 13.7. The minimum Gasteiger partial charge on any atom is -0.609 e. The number of hydrogen-bond acceptors (Lipinski definition) is 5. The molecule has 0 radical (unpaired) electrons. The summed E-state index contributed by atoms with van der Waals surface area (Å²) >= 11 is 10.1. The van der Waals surface area contributed by atoms with E-state index < -0.39 is 11.2 Å². The van der Waals surface area contributed by atoms with Crippen LogP contribution in [0.15, 0.2) is 34.2 Å². The maximum absolute atomic E-state index is 12.4. The molecule has 2 aromatic heterocycles. The van der Waals surface area contributed by atoms with Crippen LogP contribution in [-0.4, -0.2) is 35.7 Å². The molecule has 10 heteroatoms. The van der Waals surface area contributed by atoms with Crippen LogP contribution in [0.3, 0.4) is 0 Å². The number of anilines is 1. The normalized spacial score (nSPS) is 12.6. The lowest BCUT2D eigenvalue weighted by Crippen LogP contribution is -2.18. The van der Waals surface area contributed by atoms with Gasteiger partial charge in [0.25, 0.3) is 0 Å². The number of nitrogens with two attached hydrogens (primary N) is 1. The molecular formula is C16H17Cl2N5O2S. The Hall–Kier alpha value is -1.74. The van der Waals surface area contributed by atoms with Gasteiger partial charge in [-0.25, -0.2) is 4.79 Å². The first-order valence-electron chi connectivity index (χ1n) is 7.94. The van der Waals surface area contributed by atoms with Crippen LogP contribution in [-0.2, 0) is 17.7 Å². The summed E-state index contributed by atoms with van der Waals surface area (Å²) in [7, 11) is 0. The molecule has 0 aliphatic carbocycles. The van der Waals surface area contributed by atoms with E-state index >= 15 is 0 Å². The molecule has 0 bridgehead atoms. The van der Waals surface area contributed by atoms with Crippen molar-refractivity contribution in [2.24, 2.45) is 0 Å². The molecule has 3 aromatic rings. The van der Waals surface area contributed by atoms with E-state index in [-0.39, 0.29) is 23.2 Å². The van der Waals surface area contributed by atoms with Gasteiger partial charge in [0.05, 0.1) is 6.54 Å². The van der Waals surface area contributed by atoms with Gasteiger partial charge in [-0.05, 0) is 30.5 Å². The van der Waals surface area contributed by atoms with E-state index in [1.165, 1.54) is 4.57 Å². The second kappa shape index (κ2) is 8.30. The molecule has 26 heavy (non-hydrogen) atoms. The van der Waals surface area contributed by atoms with E-state index in [0.29, 0.717) is 34.2 Å². The average molecular weight is 414 g/mol. The number of aromatic amines is 1. The smallest absolute Gasteiger partial charge is 0.346 e. The first-order valence-corrected chi connectivity index (χ1v) is 10.2. The molecule has 0 saturated carbocycles. The highest BCUT2D eigenvalue weighted by Gasteiger charge is 2.21. The van der Waals surface area contributed by atoms with E-state index in [0.717, 1.165) is 12.0 Å². The molecule has 3 N–H and O–H groups in total. The molecule has 0 fully saturated rings. The number of halogens is 2. The highest BCUT2D eigenvalue weighted by atomic mass is 35.5. The molecule has 138 valence electrons. The first-order chi connectivity index (χ1) is 12.5. The average Bonchev–Trinajstić information content (AvgIpc) is 2.93. The van der Waals surface area contributed by atoms with Gasteiger partial charge in [0, 0.05) is 22.1 Å². The SMILES string of the molecule is Nc1nc([S+]([O-])CCCCCl)nc2c1[nH]c(=O)n2Cc1ccc(Cl)cc1. The molecule has 0 amide bonds. The summed E-state index contributed by atoms with van der Waals surface area (Å²) in [6, 6.07) is 7.14. The Morgan fingerprint density at radius 3 is 2.65 bits per heavy atom. The standard InChI is InChI=1S/C16H17Cl2N5O2S/c17-7-1-2-8-26(25)15-21-13(19)12-14(22-15)23(16(24)20-12)9-10-3-5-11(18)6-4-10/h3-6H,1-2,7-9H2,(H,20,24)(H2,19,21,22). The first kappa shape index (κ1) is 19.0. The Kier molecular flexibility index (Phi) is 6.08. The Morgan fingerprint density at radius 1 is 1.23 bits per heavy atom. The number of H-pyrrole nitrogens is 1. The number of nitrogens with zero attached hydrogens (tertiary/aromatic N) is 3. The Bertz CT molecular complexity index is 958. The molecule has 1 atom stereocenters. The lowest BCUT2D eigenvalue weighted by molar-refractivity contribution is 0.583. The van der Waals surface area contributed by atoms with E-state index in [1.807, 2.05) is 12.1 Å². The van der Waals surface area contributed by atoms with Gasteiger partial charge in [0.2, 0.25) is 0 Å². The van der Waals surface area contributed by atoms with Gasteiger partial charge in [-0.1, -0.05) is 23.7 Å². The fraction of sp³-hybridized carbons (Fsp3) is 0.312.